The largest absolute Gasteiger partial charge is 0.495 e. The molecule has 1 aliphatic rings. The van der Waals surface area contributed by atoms with E-state index in [1.807, 2.05) is 37.3 Å². The van der Waals surface area contributed by atoms with E-state index in [0.29, 0.717) is 6.61 Å². The fourth-order valence-corrected chi connectivity index (χ4v) is 1.84. The van der Waals surface area contributed by atoms with Gasteiger partial charge in [-0.1, -0.05) is 42.5 Å². The van der Waals surface area contributed by atoms with Gasteiger partial charge in [0.2, 0.25) is 0 Å². The van der Waals surface area contributed by atoms with Gasteiger partial charge in [-0.25, -0.2) is 0 Å². The smallest absolute Gasteiger partial charge is 0.140 e. The molecular formula is C15H18O2. The van der Waals surface area contributed by atoms with Gasteiger partial charge in [0, 0.05) is 6.42 Å². The van der Waals surface area contributed by atoms with E-state index in [1.54, 1.807) is 0 Å². The Hall–Kier alpha value is -1.54. The molecule has 0 aliphatic carbocycles. The van der Waals surface area contributed by atoms with Crippen LogP contribution in [-0.4, -0.2) is 13.2 Å². The molecule has 0 saturated carbocycles. The molecule has 1 heterocycles. The van der Waals surface area contributed by atoms with E-state index in [-0.39, 0.29) is 6.10 Å². The van der Waals surface area contributed by atoms with Crippen LogP contribution in [0.4, 0.5) is 0 Å². The Morgan fingerprint density at radius 1 is 1.35 bits per heavy atom. The molecule has 1 aliphatic heterocycles. The maximum Gasteiger partial charge on any atom is 0.140 e. The first-order valence-electron chi connectivity index (χ1n) is 6.02. The fraction of sp³-hybridized carbons (Fsp3) is 0.333. The first-order chi connectivity index (χ1) is 8.42. The lowest BCUT2D eigenvalue weighted by Crippen LogP contribution is -2.08. The van der Waals surface area contributed by atoms with Crippen LogP contribution in [0.5, 0.6) is 0 Å². The van der Waals surface area contributed by atoms with Crippen LogP contribution in [-0.2, 0) is 9.47 Å². The van der Waals surface area contributed by atoms with E-state index in [4.69, 9.17) is 9.47 Å². The highest BCUT2D eigenvalue weighted by molar-refractivity contribution is 5.25. The van der Waals surface area contributed by atoms with Gasteiger partial charge in [0.1, 0.15) is 11.9 Å². The summed E-state index contributed by atoms with van der Waals surface area (Å²) in [5.74, 6) is 0.945. The molecule has 2 heteroatoms. The third-order valence-corrected chi connectivity index (χ3v) is 2.69. The second-order valence-corrected chi connectivity index (χ2v) is 3.94. The minimum Gasteiger partial charge on any atom is -0.495 e. The quantitative estimate of drug-likeness (QED) is 0.719. The summed E-state index contributed by atoms with van der Waals surface area (Å²) in [5, 5.41) is 0. The number of ether oxygens (including phenoxy) is 2. The first-order valence-corrected chi connectivity index (χ1v) is 6.02. The maximum atomic E-state index is 5.87. The third kappa shape index (κ3) is 3.21. The van der Waals surface area contributed by atoms with Crippen LogP contribution in [0.2, 0.25) is 0 Å². The summed E-state index contributed by atoms with van der Waals surface area (Å²) in [6, 6.07) is 10.2. The second kappa shape index (κ2) is 6.26. The summed E-state index contributed by atoms with van der Waals surface area (Å²) >= 11 is 0. The van der Waals surface area contributed by atoms with Crippen molar-refractivity contribution in [3.63, 3.8) is 0 Å². The van der Waals surface area contributed by atoms with Gasteiger partial charge >= 0.3 is 0 Å². The van der Waals surface area contributed by atoms with Gasteiger partial charge in [0.25, 0.3) is 0 Å². The molecule has 1 atom stereocenters. The van der Waals surface area contributed by atoms with Crippen LogP contribution in [0, 0.1) is 0 Å². The van der Waals surface area contributed by atoms with Gasteiger partial charge in [-0.15, -0.1) is 0 Å². The topological polar surface area (TPSA) is 18.5 Å². The monoisotopic (exact) mass is 230 g/mol. The molecule has 17 heavy (non-hydrogen) atoms. The molecule has 1 aromatic carbocycles. The van der Waals surface area contributed by atoms with Gasteiger partial charge in [0.05, 0.1) is 13.2 Å². The van der Waals surface area contributed by atoms with E-state index in [9.17, 15) is 0 Å². The molecule has 0 saturated heterocycles. The highest BCUT2D eigenvalue weighted by atomic mass is 16.5. The zero-order valence-electron chi connectivity index (χ0n) is 10.1. The van der Waals surface area contributed by atoms with E-state index in [2.05, 4.69) is 18.2 Å². The Labute approximate surface area is 103 Å². The summed E-state index contributed by atoms with van der Waals surface area (Å²) in [6.45, 7) is 3.37. The summed E-state index contributed by atoms with van der Waals surface area (Å²) < 4.78 is 11.5. The molecule has 0 bridgehead atoms. The molecule has 0 amide bonds. The molecule has 0 aromatic heterocycles. The Kier molecular flexibility index (Phi) is 4.39. The van der Waals surface area contributed by atoms with Crippen LogP contribution in [0.15, 0.2) is 54.3 Å². The zero-order valence-corrected chi connectivity index (χ0v) is 10.1. The van der Waals surface area contributed by atoms with Gasteiger partial charge in [-0.05, 0) is 18.6 Å². The van der Waals surface area contributed by atoms with Crippen molar-refractivity contribution in [3.8, 4) is 0 Å². The Morgan fingerprint density at radius 3 is 2.82 bits per heavy atom. The van der Waals surface area contributed by atoms with Gasteiger partial charge in [-0.3, -0.25) is 0 Å². The van der Waals surface area contributed by atoms with Crippen molar-refractivity contribution in [3.05, 3.63) is 59.9 Å². The highest BCUT2D eigenvalue weighted by Gasteiger charge is 2.20. The molecule has 0 N–H and O–H groups in total. The molecule has 1 unspecified atom stereocenters. The van der Waals surface area contributed by atoms with Crippen LogP contribution in [0.25, 0.3) is 0 Å². The molecule has 0 fully saturated rings. The number of hydrogen-bond acceptors (Lipinski definition) is 2. The van der Waals surface area contributed by atoms with Crippen molar-refractivity contribution in [2.24, 2.45) is 0 Å². The molecule has 0 radical (unpaired) electrons. The predicted molar refractivity (Wildman–Crippen MR) is 68.6 cm³/mol. The first kappa shape index (κ1) is 11.9. The number of allylic oxidation sites excluding steroid dienone is 1. The summed E-state index contributed by atoms with van der Waals surface area (Å²) in [5.41, 5.74) is 1.14. The van der Waals surface area contributed by atoms with Gasteiger partial charge in [0.15, 0.2) is 0 Å². The number of rotatable bonds is 5. The SMILES string of the molecule is C/C=C/COC(C1=CCCO1)c1ccccc1. The van der Waals surface area contributed by atoms with Gasteiger partial charge < -0.3 is 9.47 Å². The summed E-state index contributed by atoms with van der Waals surface area (Å²) in [7, 11) is 0. The summed E-state index contributed by atoms with van der Waals surface area (Å²) in [4.78, 5) is 0. The van der Waals surface area contributed by atoms with Gasteiger partial charge in [-0.2, -0.15) is 0 Å². The van der Waals surface area contributed by atoms with Crippen molar-refractivity contribution in [2.75, 3.05) is 13.2 Å². The van der Waals surface area contributed by atoms with E-state index in [1.165, 1.54) is 0 Å². The molecule has 0 spiro atoms. The molecule has 2 nitrogen and oxygen atoms in total. The minimum absolute atomic E-state index is 0.0742. The molecule has 1 aromatic rings. The lowest BCUT2D eigenvalue weighted by Gasteiger charge is -2.18. The van der Waals surface area contributed by atoms with Crippen molar-refractivity contribution in [1.82, 2.24) is 0 Å². The molecule has 2 rings (SSSR count). The Balaban J connectivity index is 2.12. The normalized spacial score (nSPS) is 16.9. The minimum atomic E-state index is -0.0742. The Morgan fingerprint density at radius 2 is 2.18 bits per heavy atom. The standard InChI is InChI=1S/C15H18O2/c1-2-3-11-17-15(14-10-7-12-16-14)13-8-5-4-6-9-13/h2-6,8-10,15H,7,11-12H2,1H3/b3-2+. The van der Waals surface area contributed by atoms with Crippen molar-refractivity contribution in [2.45, 2.75) is 19.4 Å². The average molecular weight is 230 g/mol. The lowest BCUT2D eigenvalue weighted by atomic mass is 10.1. The lowest BCUT2D eigenvalue weighted by molar-refractivity contribution is 0.0522. The predicted octanol–water partition coefficient (Wildman–Crippen LogP) is 3.62. The van der Waals surface area contributed by atoms with Crippen LogP contribution >= 0.6 is 0 Å². The van der Waals surface area contributed by atoms with Crippen LogP contribution in [0.3, 0.4) is 0 Å². The zero-order chi connectivity index (χ0) is 11.9. The van der Waals surface area contributed by atoms with Crippen molar-refractivity contribution >= 4 is 0 Å². The van der Waals surface area contributed by atoms with Crippen molar-refractivity contribution < 1.29 is 9.47 Å². The molecule has 90 valence electrons. The highest BCUT2D eigenvalue weighted by Crippen LogP contribution is 2.29. The maximum absolute atomic E-state index is 5.87. The van der Waals surface area contributed by atoms with E-state index in [0.717, 1.165) is 24.4 Å². The second-order valence-electron chi connectivity index (χ2n) is 3.94. The van der Waals surface area contributed by atoms with Crippen LogP contribution < -0.4 is 0 Å². The molecular weight excluding hydrogens is 212 g/mol. The van der Waals surface area contributed by atoms with Crippen molar-refractivity contribution in [1.29, 1.82) is 0 Å². The van der Waals surface area contributed by atoms with E-state index >= 15 is 0 Å². The summed E-state index contributed by atoms with van der Waals surface area (Å²) in [6.07, 6.45) is 7.02. The Bertz CT molecular complexity index is 393. The van der Waals surface area contributed by atoms with Crippen LogP contribution in [0.1, 0.15) is 25.0 Å². The number of hydrogen-bond donors (Lipinski definition) is 0. The number of benzene rings is 1. The van der Waals surface area contributed by atoms with E-state index < -0.39 is 0 Å². The third-order valence-electron chi connectivity index (χ3n) is 2.69. The fourth-order valence-electron chi connectivity index (χ4n) is 1.84. The average Bonchev–Trinajstić information content (AvgIpc) is 2.89.